The van der Waals surface area contributed by atoms with Gasteiger partial charge in [0, 0.05) is 18.7 Å². The van der Waals surface area contributed by atoms with Gasteiger partial charge in [0.25, 0.3) is 0 Å². The Labute approximate surface area is 190 Å². The van der Waals surface area contributed by atoms with E-state index in [0.29, 0.717) is 17.1 Å². The number of halogens is 2. The van der Waals surface area contributed by atoms with Crippen LogP contribution in [0.5, 0.6) is 5.88 Å². The van der Waals surface area contributed by atoms with Gasteiger partial charge in [0.2, 0.25) is 11.4 Å². The second-order valence-electron chi connectivity index (χ2n) is 5.80. The number of rotatable bonds is 10. The van der Waals surface area contributed by atoms with Crippen molar-refractivity contribution in [2.75, 3.05) is 13.2 Å². The fourth-order valence-electron chi connectivity index (χ4n) is 1.86. The Morgan fingerprint density at radius 2 is 1.66 bits per heavy atom. The molecule has 29 heavy (non-hydrogen) atoms. The number of hydrogen-bond acceptors (Lipinski definition) is 4. The van der Waals surface area contributed by atoms with E-state index in [1.807, 2.05) is 30.4 Å². The first-order valence-electron chi connectivity index (χ1n) is 9.46. The number of allylic oxidation sites excluding steroid dienone is 2. The summed E-state index contributed by atoms with van der Waals surface area (Å²) in [5.74, 6) is 0.679. The molecule has 0 saturated carbocycles. The summed E-state index contributed by atoms with van der Waals surface area (Å²) in [7, 11) is 0. The number of pyridine rings is 2. The molecule has 0 atom stereocenters. The molecular weight excluding hydrogens is 500 g/mol. The Balaban J connectivity index is 0.000000444. The van der Waals surface area contributed by atoms with Gasteiger partial charge in [-0.1, -0.05) is 24.3 Å². The topological polar surface area (TPSA) is 75.2 Å². The highest BCUT2D eigenvalue weighted by Crippen LogP contribution is 2.12. The molecule has 2 aromatic rings. The minimum atomic E-state index is -0.0839. The van der Waals surface area contributed by atoms with Crippen LogP contribution in [0.1, 0.15) is 38.5 Å². The van der Waals surface area contributed by atoms with Crippen LogP contribution in [-0.4, -0.2) is 28.3 Å². The molecule has 2 aromatic heterocycles. The van der Waals surface area contributed by atoms with E-state index in [2.05, 4.69) is 55.0 Å². The molecule has 0 saturated heterocycles. The second-order valence-corrected chi connectivity index (χ2v) is 7.47. The fourth-order valence-corrected chi connectivity index (χ4v) is 2.53. The summed E-state index contributed by atoms with van der Waals surface area (Å²) in [6.07, 6.45) is 10.0. The molecule has 2 N–H and O–H groups in total. The molecule has 0 aliphatic rings. The lowest BCUT2D eigenvalue weighted by atomic mass is 10.2. The zero-order valence-corrected chi connectivity index (χ0v) is 19.8. The zero-order valence-electron chi connectivity index (χ0n) is 16.7. The minimum absolute atomic E-state index is 0.0839. The first-order chi connectivity index (χ1) is 14.0. The molecule has 160 valence electrons. The van der Waals surface area contributed by atoms with E-state index in [-0.39, 0.29) is 5.56 Å². The highest BCUT2D eigenvalue weighted by molar-refractivity contribution is 9.10. The van der Waals surface area contributed by atoms with Gasteiger partial charge in [-0.3, -0.25) is 4.79 Å². The Bertz CT molecular complexity index is 736. The lowest BCUT2D eigenvalue weighted by Gasteiger charge is -2.04. The molecule has 0 unspecified atom stereocenters. The predicted molar refractivity (Wildman–Crippen MR) is 127 cm³/mol. The lowest BCUT2D eigenvalue weighted by Crippen LogP contribution is -2.00. The SMILES string of the molecule is C=CCCCCO.C=CCCCCOc1cccc(Br)n1.O=c1cccc(Br)[nH]1. The Morgan fingerprint density at radius 3 is 2.17 bits per heavy atom. The molecule has 0 aromatic carbocycles. The van der Waals surface area contributed by atoms with Crippen molar-refractivity contribution in [3.63, 3.8) is 0 Å². The number of ether oxygens (including phenoxy) is 1. The van der Waals surface area contributed by atoms with Crippen LogP contribution < -0.4 is 10.3 Å². The first kappa shape index (κ1) is 27.3. The van der Waals surface area contributed by atoms with Crippen molar-refractivity contribution in [3.05, 3.63) is 81.3 Å². The molecule has 0 aliphatic carbocycles. The molecule has 0 spiro atoms. The summed E-state index contributed by atoms with van der Waals surface area (Å²) in [5, 5.41) is 8.26. The summed E-state index contributed by atoms with van der Waals surface area (Å²) in [5.41, 5.74) is -0.0839. The summed E-state index contributed by atoms with van der Waals surface area (Å²) >= 11 is 6.40. The number of aliphatic hydroxyl groups is 1. The van der Waals surface area contributed by atoms with Crippen LogP contribution in [-0.2, 0) is 0 Å². The molecule has 0 bridgehead atoms. The number of aromatic amines is 1. The Hall–Kier alpha value is -1.70. The molecular formula is C22H30Br2N2O3. The summed E-state index contributed by atoms with van der Waals surface area (Å²) in [6.45, 7) is 8.25. The fraction of sp³-hybridized carbons (Fsp3) is 0.364. The van der Waals surface area contributed by atoms with Crippen LogP contribution >= 0.6 is 31.9 Å². The second kappa shape index (κ2) is 19.6. The number of hydrogen-bond donors (Lipinski definition) is 2. The number of H-pyrrole nitrogens is 1. The van der Waals surface area contributed by atoms with Gasteiger partial charge in [-0.15, -0.1) is 13.2 Å². The van der Waals surface area contributed by atoms with Gasteiger partial charge in [0.1, 0.15) is 4.60 Å². The van der Waals surface area contributed by atoms with Crippen LogP contribution in [0.3, 0.4) is 0 Å². The molecule has 0 fully saturated rings. The Kier molecular flexibility index (Phi) is 18.5. The van der Waals surface area contributed by atoms with Crippen molar-refractivity contribution in [2.24, 2.45) is 0 Å². The number of nitrogens with zero attached hydrogens (tertiary/aromatic N) is 1. The van der Waals surface area contributed by atoms with Crippen LogP contribution in [0, 0.1) is 0 Å². The molecule has 0 aliphatic heterocycles. The quantitative estimate of drug-likeness (QED) is 0.223. The summed E-state index contributed by atoms with van der Waals surface area (Å²) < 4.78 is 6.98. The average Bonchev–Trinajstić information content (AvgIpc) is 2.69. The molecule has 7 heteroatoms. The maximum Gasteiger partial charge on any atom is 0.248 e. The van der Waals surface area contributed by atoms with Gasteiger partial charge < -0.3 is 14.8 Å². The van der Waals surface area contributed by atoms with Crippen LogP contribution in [0.25, 0.3) is 0 Å². The maximum atomic E-state index is 10.4. The molecule has 2 heterocycles. The van der Waals surface area contributed by atoms with E-state index >= 15 is 0 Å². The van der Waals surface area contributed by atoms with Gasteiger partial charge in [-0.2, -0.15) is 0 Å². The van der Waals surface area contributed by atoms with Gasteiger partial charge in [0.05, 0.1) is 11.2 Å². The van der Waals surface area contributed by atoms with E-state index in [9.17, 15) is 4.79 Å². The number of aromatic nitrogens is 2. The molecule has 5 nitrogen and oxygen atoms in total. The van der Waals surface area contributed by atoms with E-state index in [4.69, 9.17) is 9.84 Å². The third-order valence-corrected chi connectivity index (χ3v) is 4.20. The standard InChI is InChI=1S/C11H14BrNO.C6H12O.C5H4BrNO/c1-2-3-4-5-9-14-11-8-6-7-10(12)13-11;1-2-3-4-5-6-7;6-4-2-1-3-5(8)7-4/h2,6-8H,1,3-5,9H2;2,7H,1,3-6H2;1-3H,(H,7,8). The molecule has 0 amide bonds. The van der Waals surface area contributed by atoms with Gasteiger partial charge in [0.15, 0.2) is 0 Å². The normalized spacial score (nSPS) is 9.34. The number of unbranched alkanes of at least 4 members (excludes halogenated alkanes) is 4. The third kappa shape index (κ3) is 18.1. The van der Waals surface area contributed by atoms with Gasteiger partial charge in [-0.05, 0) is 82.5 Å². The van der Waals surface area contributed by atoms with Crippen LogP contribution in [0.2, 0.25) is 0 Å². The highest BCUT2D eigenvalue weighted by Gasteiger charge is 1.95. The predicted octanol–water partition coefficient (Wildman–Crippen LogP) is 6.05. The van der Waals surface area contributed by atoms with E-state index in [1.54, 1.807) is 12.1 Å². The van der Waals surface area contributed by atoms with Gasteiger partial charge in [-0.25, -0.2) is 4.98 Å². The average molecular weight is 530 g/mol. The van der Waals surface area contributed by atoms with Crippen LogP contribution in [0.15, 0.2) is 75.7 Å². The van der Waals surface area contributed by atoms with E-state index < -0.39 is 0 Å². The largest absolute Gasteiger partial charge is 0.478 e. The highest BCUT2D eigenvalue weighted by atomic mass is 79.9. The van der Waals surface area contributed by atoms with E-state index in [0.717, 1.165) is 49.7 Å². The van der Waals surface area contributed by atoms with Gasteiger partial charge >= 0.3 is 0 Å². The first-order valence-corrected chi connectivity index (χ1v) is 11.0. The monoisotopic (exact) mass is 528 g/mol. The summed E-state index contributed by atoms with van der Waals surface area (Å²) in [4.78, 5) is 17.1. The summed E-state index contributed by atoms with van der Waals surface area (Å²) in [6, 6.07) is 10.6. The lowest BCUT2D eigenvalue weighted by molar-refractivity contribution is 0.285. The van der Waals surface area contributed by atoms with Crippen molar-refractivity contribution in [3.8, 4) is 5.88 Å². The van der Waals surface area contributed by atoms with Crippen LogP contribution in [0.4, 0.5) is 0 Å². The Morgan fingerprint density at radius 1 is 1.00 bits per heavy atom. The van der Waals surface area contributed by atoms with Crippen molar-refractivity contribution in [2.45, 2.75) is 38.5 Å². The molecule has 0 radical (unpaired) electrons. The van der Waals surface area contributed by atoms with Crippen molar-refractivity contribution < 1.29 is 9.84 Å². The minimum Gasteiger partial charge on any atom is -0.478 e. The number of nitrogens with one attached hydrogen (secondary N) is 1. The van der Waals surface area contributed by atoms with Crippen molar-refractivity contribution in [1.82, 2.24) is 9.97 Å². The van der Waals surface area contributed by atoms with Crippen molar-refractivity contribution in [1.29, 1.82) is 0 Å². The smallest absolute Gasteiger partial charge is 0.248 e. The maximum absolute atomic E-state index is 10.4. The van der Waals surface area contributed by atoms with E-state index in [1.165, 1.54) is 6.07 Å². The van der Waals surface area contributed by atoms with Crippen molar-refractivity contribution >= 4 is 31.9 Å². The third-order valence-electron chi connectivity index (χ3n) is 3.29. The zero-order chi connectivity index (χ0) is 21.7. The number of aliphatic hydroxyl groups excluding tert-OH is 1. The molecule has 2 rings (SSSR count).